The Morgan fingerprint density at radius 1 is 1.14 bits per heavy atom. The Bertz CT molecular complexity index is 1270. The molecule has 2 unspecified atom stereocenters. The van der Waals surface area contributed by atoms with E-state index in [1.165, 1.54) is 0 Å². The number of fused-ring (bicyclic) bond motifs is 1. The van der Waals surface area contributed by atoms with Gasteiger partial charge in [-0.25, -0.2) is 4.79 Å². The number of aliphatic hydroxyl groups is 1. The normalized spacial score (nSPS) is 15.7. The Balaban J connectivity index is 1.69. The van der Waals surface area contributed by atoms with Crippen LogP contribution in [0.5, 0.6) is 5.75 Å². The first-order valence-corrected chi connectivity index (χ1v) is 11.9. The minimum Gasteiger partial charge on any atom is -0.497 e. The van der Waals surface area contributed by atoms with E-state index in [-0.39, 0.29) is 25.4 Å². The van der Waals surface area contributed by atoms with Gasteiger partial charge in [-0.3, -0.25) is 4.79 Å². The summed E-state index contributed by atoms with van der Waals surface area (Å²) in [7, 11) is 1.58. The zero-order chi connectivity index (χ0) is 25.8. The Morgan fingerprint density at radius 3 is 2.64 bits per heavy atom. The van der Waals surface area contributed by atoms with Crippen molar-refractivity contribution in [2.24, 2.45) is 0 Å². The van der Waals surface area contributed by atoms with Crippen molar-refractivity contribution in [1.82, 2.24) is 0 Å². The monoisotopic (exact) mass is 485 g/mol. The highest BCUT2D eigenvalue weighted by Crippen LogP contribution is 2.38. The number of amides is 1. The molecule has 0 radical (unpaired) electrons. The summed E-state index contributed by atoms with van der Waals surface area (Å²) in [5.41, 5.74) is 1.16. The Labute approximate surface area is 211 Å². The van der Waals surface area contributed by atoms with Crippen molar-refractivity contribution in [2.45, 2.75) is 43.8 Å². The van der Waals surface area contributed by atoms with Crippen LogP contribution in [0.25, 0.3) is 0 Å². The molecule has 1 amide bonds. The SMILES string of the molecule is C=CCC(C)(CC(O)(Cc1cccc(OC)c1)C(=O)Nc1ccc2c(c1)COC2=O)c1ccccc1. The number of allylic oxidation sites excluding steroid dienone is 1. The average molecular weight is 486 g/mol. The predicted octanol–water partition coefficient (Wildman–Crippen LogP) is 5.20. The molecule has 0 bridgehead atoms. The van der Waals surface area contributed by atoms with Crippen LogP contribution in [-0.4, -0.2) is 29.7 Å². The second-order valence-electron chi connectivity index (χ2n) is 9.56. The van der Waals surface area contributed by atoms with Crippen molar-refractivity contribution >= 4 is 17.6 Å². The van der Waals surface area contributed by atoms with Gasteiger partial charge in [-0.2, -0.15) is 0 Å². The molecule has 1 heterocycles. The number of nitrogens with one attached hydrogen (secondary N) is 1. The molecule has 36 heavy (non-hydrogen) atoms. The third-order valence-electron chi connectivity index (χ3n) is 6.74. The first-order chi connectivity index (χ1) is 17.3. The predicted molar refractivity (Wildman–Crippen MR) is 139 cm³/mol. The number of benzene rings is 3. The van der Waals surface area contributed by atoms with Crippen LogP contribution in [0.1, 0.15) is 46.8 Å². The van der Waals surface area contributed by atoms with Gasteiger partial charge in [-0.15, -0.1) is 6.58 Å². The topological polar surface area (TPSA) is 84.9 Å². The van der Waals surface area contributed by atoms with Gasteiger partial charge < -0.3 is 19.9 Å². The van der Waals surface area contributed by atoms with Crippen LogP contribution in [0.2, 0.25) is 0 Å². The highest BCUT2D eigenvalue weighted by Gasteiger charge is 2.43. The smallest absolute Gasteiger partial charge is 0.338 e. The number of methoxy groups -OCH3 is 1. The lowest BCUT2D eigenvalue weighted by atomic mass is 9.70. The van der Waals surface area contributed by atoms with Crippen molar-refractivity contribution in [3.05, 3.63) is 108 Å². The molecule has 2 N–H and O–H groups in total. The number of anilines is 1. The molecule has 186 valence electrons. The Morgan fingerprint density at radius 2 is 1.92 bits per heavy atom. The summed E-state index contributed by atoms with van der Waals surface area (Å²) in [6.07, 6.45) is 2.63. The van der Waals surface area contributed by atoms with Gasteiger partial charge in [0.15, 0.2) is 0 Å². The maximum absolute atomic E-state index is 13.8. The summed E-state index contributed by atoms with van der Waals surface area (Å²) in [6.45, 7) is 6.12. The summed E-state index contributed by atoms with van der Waals surface area (Å²) < 4.78 is 10.4. The van der Waals surface area contributed by atoms with E-state index in [4.69, 9.17) is 9.47 Å². The van der Waals surface area contributed by atoms with Crippen molar-refractivity contribution in [2.75, 3.05) is 12.4 Å². The van der Waals surface area contributed by atoms with Gasteiger partial charge in [0.05, 0.1) is 12.7 Å². The summed E-state index contributed by atoms with van der Waals surface area (Å²) >= 11 is 0. The number of hydrogen-bond acceptors (Lipinski definition) is 5. The minimum atomic E-state index is -1.76. The van der Waals surface area contributed by atoms with Gasteiger partial charge in [0.1, 0.15) is 18.0 Å². The van der Waals surface area contributed by atoms with Crippen LogP contribution in [0.4, 0.5) is 5.69 Å². The lowest BCUT2D eigenvalue weighted by Gasteiger charge is -2.38. The number of carbonyl (C=O) groups excluding carboxylic acids is 2. The highest BCUT2D eigenvalue weighted by molar-refractivity contribution is 5.99. The van der Waals surface area contributed by atoms with Crippen LogP contribution >= 0.6 is 0 Å². The second-order valence-corrected chi connectivity index (χ2v) is 9.56. The number of ether oxygens (including phenoxy) is 2. The molecule has 0 saturated heterocycles. The zero-order valence-corrected chi connectivity index (χ0v) is 20.6. The average Bonchev–Trinajstić information content (AvgIpc) is 3.24. The molecule has 3 aromatic carbocycles. The van der Waals surface area contributed by atoms with E-state index in [0.29, 0.717) is 29.0 Å². The Hall–Kier alpha value is -3.90. The minimum absolute atomic E-state index is 0.0855. The number of rotatable bonds is 10. The lowest BCUT2D eigenvalue weighted by Crippen LogP contribution is -2.49. The van der Waals surface area contributed by atoms with Crippen molar-refractivity contribution in [1.29, 1.82) is 0 Å². The van der Waals surface area contributed by atoms with Crippen molar-refractivity contribution in [3.63, 3.8) is 0 Å². The summed E-state index contributed by atoms with van der Waals surface area (Å²) in [6, 6.07) is 22.2. The molecule has 0 aromatic heterocycles. The fourth-order valence-electron chi connectivity index (χ4n) is 4.90. The summed E-state index contributed by atoms with van der Waals surface area (Å²) in [5, 5.41) is 14.9. The summed E-state index contributed by atoms with van der Waals surface area (Å²) in [5.74, 6) is -0.252. The van der Waals surface area contributed by atoms with Gasteiger partial charge >= 0.3 is 5.97 Å². The first kappa shape index (κ1) is 25.2. The van der Waals surface area contributed by atoms with Crippen LogP contribution in [0, 0.1) is 0 Å². The molecular weight excluding hydrogens is 454 g/mol. The van der Waals surface area contributed by atoms with Gasteiger partial charge in [0.25, 0.3) is 5.91 Å². The molecule has 4 rings (SSSR count). The molecule has 6 heteroatoms. The van der Waals surface area contributed by atoms with E-state index in [2.05, 4.69) is 11.9 Å². The molecule has 1 aliphatic rings. The fraction of sp³-hybridized carbons (Fsp3) is 0.267. The van der Waals surface area contributed by atoms with Gasteiger partial charge in [-0.1, -0.05) is 55.5 Å². The number of carbonyl (C=O) groups is 2. The highest BCUT2D eigenvalue weighted by atomic mass is 16.5. The molecule has 3 aromatic rings. The van der Waals surface area contributed by atoms with Gasteiger partial charge in [-0.05, 0) is 59.7 Å². The first-order valence-electron chi connectivity index (χ1n) is 11.9. The van der Waals surface area contributed by atoms with Crippen LogP contribution in [-0.2, 0) is 28.0 Å². The molecular formula is C30H31NO5. The van der Waals surface area contributed by atoms with Crippen molar-refractivity contribution < 1.29 is 24.2 Å². The van der Waals surface area contributed by atoms with E-state index in [0.717, 1.165) is 11.1 Å². The van der Waals surface area contributed by atoms with Gasteiger partial charge in [0, 0.05) is 17.7 Å². The maximum Gasteiger partial charge on any atom is 0.338 e. The van der Waals surface area contributed by atoms with Crippen molar-refractivity contribution in [3.8, 4) is 5.75 Å². The van der Waals surface area contributed by atoms with Crippen LogP contribution < -0.4 is 10.1 Å². The lowest BCUT2D eigenvalue weighted by molar-refractivity contribution is -0.136. The molecule has 2 atom stereocenters. The zero-order valence-electron chi connectivity index (χ0n) is 20.6. The quantitative estimate of drug-likeness (QED) is 0.305. The van der Waals surface area contributed by atoms with E-state index in [1.54, 1.807) is 25.3 Å². The molecule has 0 saturated carbocycles. The molecule has 0 spiro atoms. The maximum atomic E-state index is 13.8. The third-order valence-corrected chi connectivity index (χ3v) is 6.74. The van der Waals surface area contributed by atoms with Gasteiger partial charge in [0.2, 0.25) is 0 Å². The molecule has 1 aliphatic heterocycles. The standard InChI is InChI=1S/C30H31NO5/c1-4-15-29(2,23-10-6-5-7-11-23)20-30(34,18-21-9-8-12-25(16-21)35-3)28(33)31-24-13-14-26-22(17-24)19-36-27(26)32/h4-14,16-17,34H,1,15,18-20H2,2-3H3,(H,31,33). The van der Waals surface area contributed by atoms with Crippen LogP contribution in [0.3, 0.4) is 0 Å². The van der Waals surface area contributed by atoms with E-state index in [9.17, 15) is 14.7 Å². The summed E-state index contributed by atoms with van der Waals surface area (Å²) in [4.78, 5) is 25.6. The number of cyclic esters (lactones) is 1. The molecule has 6 nitrogen and oxygen atoms in total. The molecule has 0 fully saturated rings. The van der Waals surface area contributed by atoms with E-state index < -0.39 is 16.9 Å². The van der Waals surface area contributed by atoms with E-state index >= 15 is 0 Å². The molecule has 0 aliphatic carbocycles. The van der Waals surface area contributed by atoms with Crippen LogP contribution in [0.15, 0.2) is 85.5 Å². The third kappa shape index (κ3) is 5.34. The number of esters is 1. The number of hydrogen-bond donors (Lipinski definition) is 2. The largest absolute Gasteiger partial charge is 0.497 e. The second kappa shape index (κ2) is 10.4. The Kier molecular flexibility index (Phi) is 7.27. The van der Waals surface area contributed by atoms with E-state index in [1.807, 2.05) is 67.6 Å². The fourth-order valence-corrected chi connectivity index (χ4v) is 4.90.